The Labute approximate surface area is 157 Å². The first-order valence-corrected chi connectivity index (χ1v) is 8.02. The molecule has 0 spiro atoms. The van der Waals surface area contributed by atoms with Gasteiger partial charge in [0.2, 0.25) is 5.95 Å². The third kappa shape index (κ3) is 3.16. The standard InChI is InChI=1S/C16H16FN5O6/c1-4-16(17)11(27-8(3)24)9(5-26-7(2)23)28-14(16)22-6-19-10-12(22)20-15(18)21-13(10)25/h1,6,9,11,14H,5H2,2-3H3,(H3,18,20,21,25)/t9-,11?,14-,16?/m1/s1. The largest absolute Gasteiger partial charge is 0.463 e. The summed E-state index contributed by atoms with van der Waals surface area (Å²) in [6.45, 7) is 1.81. The molecule has 1 saturated heterocycles. The number of ether oxygens (including phenoxy) is 3. The van der Waals surface area contributed by atoms with Gasteiger partial charge in [-0.05, 0) is 0 Å². The van der Waals surface area contributed by atoms with Gasteiger partial charge in [0.25, 0.3) is 11.2 Å². The molecule has 2 aromatic rings. The summed E-state index contributed by atoms with van der Waals surface area (Å²) in [5.41, 5.74) is 2.02. The number of aromatic amines is 1. The zero-order chi connectivity index (χ0) is 20.6. The fraction of sp³-hybridized carbons (Fsp3) is 0.438. The van der Waals surface area contributed by atoms with Gasteiger partial charge in [0.1, 0.15) is 12.7 Å². The van der Waals surface area contributed by atoms with Crippen LogP contribution in [-0.2, 0) is 23.8 Å². The quantitative estimate of drug-likeness (QED) is 0.514. The van der Waals surface area contributed by atoms with Gasteiger partial charge in [-0.1, -0.05) is 5.92 Å². The number of esters is 2. The van der Waals surface area contributed by atoms with Gasteiger partial charge in [0, 0.05) is 13.8 Å². The van der Waals surface area contributed by atoms with E-state index in [4.69, 9.17) is 26.4 Å². The second kappa shape index (κ2) is 6.93. The molecule has 0 aromatic carbocycles. The van der Waals surface area contributed by atoms with Gasteiger partial charge in [-0.15, -0.1) is 6.42 Å². The summed E-state index contributed by atoms with van der Waals surface area (Å²) in [5.74, 6) is 0.259. The molecule has 2 unspecified atom stereocenters. The lowest BCUT2D eigenvalue weighted by Crippen LogP contribution is -2.45. The molecule has 3 N–H and O–H groups in total. The first kappa shape index (κ1) is 19.3. The van der Waals surface area contributed by atoms with Crippen molar-refractivity contribution in [3.63, 3.8) is 0 Å². The average molecular weight is 393 g/mol. The van der Waals surface area contributed by atoms with E-state index < -0.39 is 48.2 Å². The molecule has 1 aliphatic rings. The number of hydrogen-bond donors (Lipinski definition) is 2. The van der Waals surface area contributed by atoms with Crippen molar-refractivity contribution < 1.29 is 28.2 Å². The molecule has 148 valence electrons. The van der Waals surface area contributed by atoms with E-state index in [0.29, 0.717) is 0 Å². The van der Waals surface area contributed by atoms with E-state index in [1.807, 2.05) is 5.92 Å². The molecule has 28 heavy (non-hydrogen) atoms. The number of hydrogen-bond acceptors (Lipinski definition) is 9. The van der Waals surface area contributed by atoms with E-state index in [0.717, 1.165) is 24.7 Å². The Morgan fingerprint density at radius 3 is 2.82 bits per heavy atom. The lowest BCUT2D eigenvalue weighted by atomic mass is 9.96. The number of fused-ring (bicyclic) bond motifs is 1. The Morgan fingerprint density at radius 2 is 2.21 bits per heavy atom. The molecular formula is C16H16FN5O6. The van der Waals surface area contributed by atoms with E-state index in [-0.39, 0.29) is 17.1 Å². The number of rotatable bonds is 4. The summed E-state index contributed by atoms with van der Waals surface area (Å²) in [7, 11) is 0. The minimum absolute atomic E-state index is 0.0850. The molecule has 0 amide bonds. The Morgan fingerprint density at radius 1 is 1.50 bits per heavy atom. The van der Waals surface area contributed by atoms with Crippen LogP contribution in [0.1, 0.15) is 20.1 Å². The fourth-order valence-electron chi connectivity index (χ4n) is 2.95. The van der Waals surface area contributed by atoms with E-state index in [9.17, 15) is 14.4 Å². The average Bonchev–Trinajstić information content (AvgIpc) is 3.13. The highest BCUT2D eigenvalue weighted by molar-refractivity contribution is 5.71. The van der Waals surface area contributed by atoms with E-state index >= 15 is 4.39 Å². The lowest BCUT2D eigenvalue weighted by molar-refractivity contribution is -0.157. The minimum atomic E-state index is -2.68. The summed E-state index contributed by atoms with van der Waals surface area (Å²) in [5, 5.41) is 0. The number of nitrogen functional groups attached to an aromatic ring is 1. The predicted molar refractivity (Wildman–Crippen MR) is 91.3 cm³/mol. The van der Waals surface area contributed by atoms with Crippen molar-refractivity contribution in [1.82, 2.24) is 19.5 Å². The van der Waals surface area contributed by atoms with Gasteiger partial charge >= 0.3 is 11.9 Å². The smallest absolute Gasteiger partial charge is 0.303 e. The summed E-state index contributed by atoms with van der Waals surface area (Å²) >= 11 is 0. The normalized spacial score (nSPS) is 26.7. The van der Waals surface area contributed by atoms with Crippen LogP contribution in [0.3, 0.4) is 0 Å². The third-order valence-corrected chi connectivity index (χ3v) is 4.08. The van der Waals surface area contributed by atoms with E-state index in [1.165, 1.54) is 0 Å². The molecule has 0 saturated carbocycles. The minimum Gasteiger partial charge on any atom is -0.463 e. The maximum atomic E-state index is 15.8. The number of carbonyl (C=O) groups is 2. The van der Waals surface area contributed by atoms with Crippen molar-refractivity contribution in [1.29, 1.82) is 0 Å². The van der Waals surface area contributed by atoms with Crippen molar-refractivity contribution in [3.8, 4) is 12.3 Å². The zero-order valence-electron chi connectivity index (χ0n) is 14.8. The van der Waals surface area contributed by atoms with Crippen LogP contribution in [-0.4, -0.2) is 55.9 Å². The van der Waals surface area contributed by atoms with Crippen LogP contribution >= 0.6 is 0 Å². The van der Waals surface area contributed by atoms with Crippen molar-refractivity contribution >= 4 is 29.1 Å². The number of anilines is 1. The summed E-state index contributed by atoms with van der Waals surface area (Å²) in [6.07, 6.45) is 2.12. The summed E-state index contributed by atoms with van der Waals surface area (Å²) in [6, 6.07) is 0. The van der Waals surface area contributed by atoms with Crippen LogP contribution < -0.4 is 11.3 Å². The van der Waals surface area contributed by atoms with Crippen LogP contribution in [0.15, 0.2) is 11.1 Å². The zero-order valence-corrected chi connectivity index (χ0v) is 14.8. The lowest BCUT2D eigenvalue weighted by Gasteiger charge is -2.26. The highest BCUT2D eigenvalue weighted by Gasteiger charge is 2.60. The Balaban J connectivity index is 2.09. The number of carbonyl (C=O) groups excluding carboxylic acids is 2. The van der Waals surface area contributed by atoms with Crippen molar-refractivity contribution in [2.45, 2.75) is 38.0 Å². The second-order valence-corrected chi connectivity index (χ2v) is 6.05. The maximum Gasteiger partial charge on any atom is 0.303 e. The van der Waals surface area contributed by atoms with Gasteiger partial charge in [-0.3, -0.25) is 23.9 Å². The highest BCUT2D eigenvalue weighted by atomic mass is 19.1. The van der Waals surface area contributed by atoms with Crippen LogP contribution in [0, 0.1) is 12.3 Å². The Hall–Kier alpha value is -3.46. The number of imidazole rings is 1. The van der Waals surface area contributed by atoms with Gasteiger partial charge < -0.3 is 19.9 Å². The summed E-state index contributed by atoms with van der Waals surface area (Å²) < 4.78 is 32.4. The van der Waals surface area contributed by atoms with E-state index in [1.54, 1.807) is 0 Å². The molecule has 3 heterocycles. The molecule has 0 bridgehead atoms. The van der Waals surface area contributed by atoms with Gasteiger partial charge in [-0.2, -0.15) is 4.98 Å². The van der Waals surface area contributed by atoms with Crippen molar-refractivity contribution in [2.24, 2.45) is 0 Å². The summed E-state index contributed by atoms with van der Waals surface area (Å²) in [4.78, 5) is 44.6. The molecule has 1 fully saturated rings. The molecule has 3 rings (SSSR count). The molecule has 1 aliphatic heterocycles. The number of nitrogens with zero attached hydrogens (tertiary/aromatic N) is 3. The SMILES string of the molecule is C#CC1(F)C(OC(C)=O)[C@@H](COC(C)=O)O[C@H]1n1cnc2c(=O)[nH]c(N)nc21. The fourth-order valence-corrected chi connectivity index (χ4v) is 2.95. The number of nitrogens with two attached hydrogens (primary N) is 1. The molecule has 4 atom stereocenters. The number of nitrogens with one attached hydrogen (secondary N) is 1. The number of aromatic nitrogens is 4. The molecule has 12 heteroatoms. The van der Waals surface area contributed by atoms with Crippen LogP contribution in [0.4, 0.5) is 10.3 Å². The molecule has 2 aromatic heterocycles. The highest BCUT2D eigenvalue weighted by Crippen LogP contribution is 2.44. The van der Waals surface area contributed by atoms with Crippen LogP contribution in [0.25, 0.3) is 11.2 Å². The Bertz CT molecular complexity index is 1040. The van der Waals surface area contributed by atoms with Crippen LogP contribution in [0.2, 0.25) is 0 Å². The maximum absolute atomic E-state index is 15.8. The number of H-pyrrole nitrogens is 1. The molecular weight excluding hydrogens is 377 g/mol. The van der Waals surface area contributed by atoms with Gasteiger partial charge in [0.05, 0.1) is 6.33 Å². The predicted octanol–water partition coefficient (Wildman–Crippen LogP) is -0.564. The first-order valence-electron chi connectivity index (χ1n) is 8.02. The molecule has 0 radical (unpaired) electrons. The molecule has 0 aliphatic carbocycles. The number of halogens is 1. The monoisotopic (exact) mass is 393 g/mol. The third-order valence-electron chi connectivity index (χ3n) is 4.08. The van der Waals surface area contributed by atoms with Gasteiger partial charge in [-0.25, -0.2) is 9.37 Å². The van der Waals surface area contributed by atoms with Gasteiger partial charge in [0.15, 0.2) is 23.5 Å². The van der Waals surface area contributed by atoms with Crippen molar-refractivity contribution in [2.75, 3.05) is 12.3 Å². The Kier molecular flexibility index (Phi) is 4.78. The van der Waals surface area contributed by atoms with E-state index in [2.05, 4.69) is 15.0 Å². The van der Waals surface area contributed by atoms with Crippen molar-refractivity contribution in [3.05, 3.63) is 16.7 Å². The second-order valence-electron chi connectivity index (χ2n) is 6.05. The molecule has 11 nitrogen and oxygen atoms in total. The topological polar surface area (TPSA) is 151 Å². The number of terminal acetylenes is 1. The van der Waals surface area contributed by atoms with Crippen LogP contribution in [0.5, 0.6) is 0 Å². The first-order chi connectivity index (χ1) is 13.2. The number of alkyl halides is 1.